The van der Waals surface area contributed by atoms with Crippen LogP contribution >= 0.6 is 0 Å². The summed E-state index contributed by atoms with van der Waals surface area (Å²) >= 11 is 0. The number of benzene rings is 2. The molecule has 1 heterocycles. The van der Waals surface area contributed by atoms with E-state index in [0.29, 0.717) is 28.4 Å². The molecule has 31 heavy (non-hydrogen) atoms. The molecule has 1 amide bonds. The van der Waals surface area contributed by atoms with Crippen LogP contribution < -0.4 is 10.1 Å². The summed E-state index contributed by atoms with van der Waals surface area (Å²) in [7, 11) is 5.05. The summed E-state index contributed by atoms with van der Waals surface area (Å²) < 4.78 is 5.54. The van der Waals surface area contributed by atoms with Gasteiger partial charge in [-0.3, -0.25) is 4.79 Å². The largest absolute Gasteiger partial charge is 0.496 e. The quantitative estimate of drug-likeness (QED) is 0.652. The van der Waals surface area contributed by atoms with Gasteiger partial charge in [0.1, 0.15) is 11.8 Å². The first-order chi connectivity index (χ1) is 14.9. The van der Waals surface area contributed by atoms with E-state index in [2.05, 4.69) is 28.5 Å². The Morgan fingerprint density at radius 3 is 2.65 bits per heavy atom. The van der Waals surface area contributed by atoms with E-state index in [1.165, 1.54) is 12.8 Å². The number of rotatable bonds is 6. The third kappa shape index (κ3) is 4.02. The van der Waals surface area contributed by atoms with Crippen molar-refractivity contribution in [2.75, 3.05) is 26.5 Å². The molecule has 7 nitrogen and oxygen atoms in total. The number of anilines is 1. The molecule has 1 aromatic heterocycles. The van der Waals surface area contributed by atoms with Crippen molar-refractivity contribution < 1.29 is 9.53 Å². The summed E-state index contributed by atoms with van der Waals surface area (Å²) in [5.41, 5.74) is 3.92. The van der Waals surface area contributed by atoms with Crippen molar-refractivity contribution in [1.29, 1.82) is 5.26 Å². The third-order valence-electron chi connectivity index (χ3n) is 5.73. The van der Waals surface area contributed by atoms with E-state index in [4.69, 9.17) is 4.74 Å². The molecular formula is C24H25N5O2. The molecule has 158 valence electrons. The third-order valence-corrected chi connectivity index (χ3v) is 5.73. The first kappa shape index (κ1) is 20.6. The minimum Gasteiger partial charge on any atom is -0.496 e. The molecule has 3 aromatic rings. The second-order valence-electron chi connectivity index (χ2n) is 8.15. The van der Waals surface area contributed by atoms with Gasteiger partial charge in [0.15, 0.2) is 5.69 Å². The second kappa shape index (κ2) is 8.23. The number of carbonyl (C=O) groups is 1. The van der Waals surface area contributed by atoms with Crippen molar-refractivity contribution in [2.24, 2.45) is 5.92 Å². The van der Waals surface area contributed by atoms with Gasteiger partial charge in [-0.2, -0.15) is 5.26 Å². The van der Waals surface area contributed by atoms with Gasteiger partial charge in [0.25, 0.3) is 5.91 Å². The van der Waals surface area contributed by atoms with Gasteiger partial charge in [-0.25, -0.2) is 0 Å². The summed E-state index contributed by atoms with van der Waals surface area (Å²) in [5.74, 6) is 1.22. The molecule has 0 radical (unpaired) electrons. The molecule has 2 aromatic carbocycles. The fourth-order valence-corrected chi connectivity index (χ4v) is 3.77. The van der Waals surface area contributed by atoms with E-state index in [1.54, 1.807) is 38.2 Å². The van der Waals surface area contributed by atoms with E-state index in [-0.39, 0.29) is 11.9 Å². The Kier molecular flexibility index (Phi) is 5.47. The number of fused-ring (bicyclic) bond motifs is 1. The van der Waals surface area contributed by atoms with Crippen LogP contribution in [0.1, 0.15) is 35.8 Å². The fraction of sp³-hybridized carbons (Fsp3) is 0.333. The van der Waals surface area contributed by atoms with Crippen molar-refractivity contribution in [2.45, 2.75) is 25.8 Å². The van der Waals surface area contributed by atoms with E-state index in [0.717, 1.165) is 22.2 Å². The minimum atomic E-state index is -0.0799. The smallest absolute Gasteiger partial charge is 0.253 e. The number of nitrogens with one attached hydrogen (secondary N) is 1. The highest BCUT2D eigenvalue weighted by Crippen LogP contribution is 2.37. The molecule has 7 heteroatoms. The van der Waals surface area contributed by atoms with Crippen molar-refractivity contribution >= 4 is 22.5 Å². The van der Waals surface area contributed by atoms with Crippen molar-refractivity contribution in [1.82, 2.24) is 15.1 Å². The predicted molar refractivity (Wildman–Crippen MR) is 120 cm³/mol. The van der Waals surface area contributed by atoms with E-state index in [9.17, 15) is 10.1 Å². The number of aromatic nitrogens is 2. The summed E-state index contributed by atoms with van der Waals surface area (Å²) in [5, 5.41) is 22.3. The molecule has 0 aliphatic heterocycles. The van der Waals surface area contributed by atoms with Crippen LogP contribution in [0.2, 0.25) is 0 Å². The minimum absolute atomic E-state index is 0.0799. The van der Waals surface area contributed by atoms with Crippen molar-refractivity contribution in [3.8, 4) is 22.9 Å². The number of nitriles is 1. The van der Waals surface area contributed by atoms with Crippen LogP contribution in [-0.2, 0) is 0 Å². The Labute approximate surface area is 181 Å². The monoisotopic (exact) mass is 415 g/mol. The Morgan fingerprint density at radius 1 is 1.23 bits per heavy atom. The van der Waals surface area contributed by atoms with Gasteiger partial charge in [-0.1, -0.05) is 6.07 Å². The first-order valence-corrected chi connectivity index (χ1v) is 10.3. The maximum absolute atomic E-state index is 12.4. The number of carbonyl (C=O) groups excluding carboxylic acids is 1. The Bertz CT molecular complexity index is 1190. The summed E-state index contributed by atoms with van der Waals surface area (Å²) in [6.07, 6.45) is 2.41. The standard InChI is InChI=1S/C24H25N5O2/c1-14(15-5-6-15)26-23-18-9-7-16(12-20(18)27-28-21(23)13-25)19-11-17(24(30)29(2)3)8-10-22(19)31-4/h7-12,14-15H,5-6H2,1-4H3,(H,26,27)/t14-/m1/s1. The fourth-order valence-electron chi connectivity index (χ4n) is 3.77. The molecule has 1 aliphatic carbocycles. The van der Waals surface area contributed by atoms with Crippen LogP contribution in [0.5, 0.6) is 5.75 Å². The summed E-state index contributed by atoms with van der Waals surface area (Å²) in [6.45, 7) is 2.14. The lowest BCUT2D eigenvalue weighted by Crippen LogP contribution is -2.21. The van der Waals surface area contributed by atoms with Crippen LogP contribution in [0.25, 0.3) is 22.0 Å². The van der Waals surface area contributed by atoms with E-state index < -0.39 is 0 Å². The molecule has 1 N–H and O–H groups in total. The molecule has 1 fully saturated rings. The Morgan fingerprint density at radius 2 is 2.00 bits per heavy atom. The van der Waals surface area contributed by atoms with Gasteiger partial charge in [0, 0.05) is 36.7 Å². The maximum Gasteiger partial charge on any atom is 0.253 e. The van der Waals surface area contributed by atoms with Crippen molar-refractivity contribution in [3.05, 3.63) is 47.7 Å². The van der Waals surface area contributed by atoms with Crippen LogP contribution in [0, 0.1) is 17.2 Å². The van der Waals surface area contributed by atoms with Crippen LogP contribution in [0.3, 0.4) is 0 Å². The normalized spacial score (nSPS) is 14.0. The highest BCUT2D eigenvalue weighted by molar-refractivity contribution is 5.98. The zero-order chi connectivity index (χ0) is 22.1. The Hall–Kier alpha value is -3.66. The summed E-state index contributed by atoms with van der Waals surface area (Å²) in [6, 6.07) is 13.6. The van der Waals surface area contributed by atoms with Gasteiger partial charge in [0.2, 0.25) is 0 Å². The molecule has 0 unspecified atom stereocenters. The first-order valence-electron chi connectivity index (χ1n) is 10.3. The molecule has 0 bridgehead atoms. The highest BCUT2D eigenvalue weighted by Gasteiger charge is 2.29. The summed E-state index contributed by atoms with van der Waals surface area (Å²) in [4.78, 5) is 14.0. The lowest BCUT2D eigenvalue weighted by atomic mass is 9.99. The van der Waals surface area contributed by atoms with Gasteiger partial charge in [-0.05, 0) is 61.6 Å². The SMILES string of the molecule is COc1ccc(C(=O)N(C)C)cc1-c1ccc2c(N[C@H](C)C3CC3)c(C#N)nnc2c1. The second-order valence-corrected chi connectivity index (χ2v) is 8.15. The van der Waals surface area contributed by atoms with Crippen LogP contribution in [-0.4, -0.2) is 48.3 Å². The number of hydrogen-bond acceptors (Lipinski definition) is 6. The van der Waals surface area contributed by atoms with Gasteiger partial charge in [0.05, 0.1) is 18.3 Å². The molecule has 0 saturated heterocycles. The number of ether oxygens (including phenoxy) is 1. The molecule has 1 atom stereocenters. The average Bonchev–Trinajstić information content (AvgIpc) is 3.63. The number of hydrogen-bond donors (Lipinski definition) is 1. The van der Waals surface area contributed by atoms with Crippen LogP contribution in [0.15, 0.2) is 36.4 Å². The molecule has 1 aliphatic rings. The lowest BCUT2D eigenvalue weighted by Gasteiger charge is -2.17. The predicted octanol–water partition coefficient (Wildman–Crippen LogP) is 4.09. The Balaban J connectivity index is 1.80. The average molecular weight is 415 g/mol. The zero-order valence-corrected chi connectivity index (χ0v) is 18.1. The molecule has 0 spiro atoms. The lowest BCUT2D eigenvalue weighted by molar-refractivity contribution is 0.0827. The molecule has 4 rings (SSSR count). The van der Waals surface area contributed by atoms with E-state index in [1.807, 2.05) is 24.3 Å². The molecule has 1 saturated carbocycles. The number of nitrogens with zero attached hydrogens (tertiary/aromatic N) is 4. The van der Waals surface area contributed by atoms with Gasteiger partial charge in [-0.15, -0.1) is 10.2 Å². The van der Waals surface area contributed by atoms with E-state index >= 15 is 0 Å². The maximum atomic E-state index is 12.4. The molecular weight excluding hydrogens is 390 g/mol. The van der Waals surface area contributed by atoms with Crippen LogP contribution in [0.4, 0.5) is 5.69 Å². The van der Waals surface area contributed by atoms with Gasteiger partial charge < -0.3 is 15.0 Å². The number of amides is 1. The number of methoxy groups -OCH3 is 1. The highest BCUT2D eigenvalue weighted by atomic mass is 16.5. The van der Waals surface area contributed by atoms with Gasteiger partial charge >= 0.3 is 0 Å². The van der Waals surface area contributed by atoms with Crippen molar-refractivity contribution in [3.63, 3.8) is 0 Å². The zero-order valence-electron chi connectivity index (χ0n) is 18.1. The topological polar surface area (TPSA) is 91.1 Å².